The van der Waals surface area contributed by atoms with Crippen molar-refractivity contribution < 1.29 is 33.3 Å². The third-order valence-corrected chi connectivity index (χ3v) is 5.01. The zero-order chi connectivity index (χ0) is 23.4. The molecule has 2 aromatic carbocycles. The van der Waals surface area contributed by atoms with Crippen molar-refractivity contribution in [2.24, 2.45) is 0 Å². The molecule has 0 spiro atoms. The van der Waals surface area contributed by atoms with Gasteiger partial charge in [-0.05, 0) is 48.1 Å². The molecule has 0 radical (unpaired) electrons. The summed E-state index contributed by atoms with van der Waals surface area (Å²) >= 11 is 5.26. The van der Waals surface area contributed by atoms with Gasteiger partial charge in [0.05, 0.1) is 41.2 Å². The summed E-state index contributed by atoms with van der Waals surface area (Å²) in [7, 11) is 7.41. The summed E-state index contributed by atoms with van der Waals surface area (Å²) in [5.74, 6) is 0.801. The van der Waals surface area contributed by atoms with Gasteiger partial charge in [0.25, 0.3) is 11.8 Å². The standard InChI is InChI=1S/C22H22N2O7S/c1-27-13-6-7-15(16(11-13)28-2)24-21(26)14(20(25)23-22(24)32)8-12-9-17(29-3)19(31-5)18(10-12)30-4/h6-11H,1-5H3,(H,23,25,32)/b14-8+. The van der Waals surface area contributed by atoms with Crippen molar-refractivity contribution in [3.63, 3.8) is 0 Å². The number of anilines is 1. The van der Waals surface area contributed by atoms with Crippen LogP contribution < -0.4 is 33.9 Å². The molecule has 0 aliphatic carbocycles. The largest absolute Gasteiger partial charge is 0.497 e. The number of rotatable bonds is 7. The van der Waals surface area contributed by atoms with Crippen molar-refractivity contribution in [3.05, 3.63) is 41.5 Å². The van der Waals surface area contributed by atoms with Gasteiger partial charge in [-0.25, -0.2) is 4.90 Å². The topological polar surface area (TPSA) is 95.6 Å². The van der Waals surface area contributed by atoms with Crippen LogP contribution in [0.4, 0.5) is 5.69 Å². The van der Waals surface area contributed by atoms with Gasteiger partial charge in [0, 0.05) is 6.07 Å². The maximum absolute atomic E-state index is 13.3. The fourth-order valence-electron chi connectivity index (χ4n) is 3.20. The van der Waals surface area contributed by atoms with E-state index in [1.807, 2.05) is 0 Å². The third-order valence-electron chi connectivity index (χ3n) is 4.73. The molecule has 0 saturated carbocycles. The molecule has 0 bridgehead atoms. The fourth-order valence-corrected chi connectivity index (χ4v) is 3.47. The first-order valence-electron chi connectivity index (χ1n) is 9.32. The Bertz CT molecular complexity index is 1090. The van der Waals surface area contributed by atoms with Crippen LogP contribution in [0.25, 0.3) is 6.08 Å². The summed E-state index contributed by atoms with van der Waals surface area (Å²) in [6.45, 7) is 0. The average molecular weight is 458 g/mol. The van der Waals surface area contributed by atoms with Crippen LogP contribution in [0, 0.1) is 0 Å². The number of carbonyl (C=O) groups excluding carboxylic acids is 2. The van der Waals surface area contributed by atoms with Crippen LogP contribution in [-0.2, 0) is 9.59 Å². The quantitative estimate of drug-likeness (QED) is 0.384. The molecule has 1 N–H and O–H groups in total. The molecule has 10 heteroatoms. The zero-order valence-corrected chi connectivity index (χ0v) is 19.0. The predicted molar refractivity (Wildman–Crippen MR) is 122 cm³/mol. The summed E-state index contributed by atoms with van der Waals surface area (Å²) in [6, 6.07) is 8.15. The Morgan fingerprint density at radius 1 is 0.844 bits per heavy atom. The molecule has 2 aromatic rings. The highest BCUT2D eigenvalue weighted by molar-refractivity contribution is 7.80. The van der Waals surface area contributed by atoms with Crippen LogP contribution in [0.2, 0.25) is 0 Å². The molecular weight excluding hydrogens is 436 g/mol. The first-order valence-corrected chi connectivity index (χ1v) is 9.72. The van der Waals surface area contributed by atoms with E-state index in [1.165, 1.54) is 46.5 Å². The Morgan fingerprint density at radius 2 is 1.47 bits per heavy atom. The summed E-state index contributed by atoms with van der Waals surface area (Å²) in [5, 5.41) is 2.48. The number of hydrogen-bond donors (Lipinski definition) is 1. The van der Waals surface area contributed by atoms with E-state index in [4.69, 9.17) is 35.9 Å². The van der Waals surface area contributed by atoms with Gasteiger partial charge in [-0.15, -0.1) is 0 Å². The maximum atomic E-state index is 13.3. The van der Waals surface area contributed by atoms with Gasteiger partial charge in [0.15, 0.2) is 16.6 Å². The Hall–Kier alpha value is -3.79. The molecule has 0 atom stereocenters. The Balaban J connectivity index is 2.09. The summed E-state index contributed by atoms with van der Waals surface area (Å²) in [4.78, 5) is 27.2. The van der Waals surface area contributed by atoms with Crippen molar-refractivity contribution in [1.82, 2.24) is 5.32 Å². The van der Waals surface area contributed by atoms with Gasteiger partial charge in [0.1, 0.15) is 17.1 Å². The lowest BCUT2D eigenvalue weighted by Gasteiger charge is -2.30. The number of benzene rings is 2. The van der Waals surface area contributed by atoms with Crippen LogP contribution in [-0.4, -0.2) is 52.5 Å². The lowest BCUT2D eigenvalue weighted by atomic mass is 10.1. The van der Waals surface area contributed by atoms with Crippen LogP contribution in [0.1, 0.15) is 5.56 Å². The Kier molecular flexibility index (Phi) is 6.84. The molecule has 168 valence electrons. The van der Waals surface area contributed by atoms with E-state index in [1.54, 1.807) is 30.3 Å². The van der Waals surface area contributed by atoms with E-state index in [9.17, 15) is 9.59 Å². The summed E-state index contributed by atoms with van der Waals surface area (Å²) in [6.07, 6.45) is 1.42. The molecule has 1 heterocycles. The van der Waals surface area contributed by atoms with E-state index in [2.05, 4.69) is 5.32 Å². The fraction of sp³-hybridized carbons (Fsp3) is 0.227. The number of carbonyl (C=O) groups is 2. The second-order valence-corrected chi connectivity index (χ2v) is 6.84. The van der Waals surface area contributed by atoms with Crippen molar-refractivity contribution >= 4 is 40.9 Å². The summed E-state index contributed by atoms with van der Waals surface area (Å²) < 4.78 is 26.6. The molecule has 1 fully saturated rings. The second-order valence-electron chi connectivity index (χ2n) is 6.45. The third kappa shape index (κ3) is 4.17. The minimum Gasteiger partial charge on any atom is -0.497 e. The number of methoxy groups -OCH3 is 5. The summed E-state index contributed by atoms with van der Waals surface area (Å²) in [5.41, 5.74) is 0.720. The van der Waals surface area contributed by atoms with Crippen molar-refractivity contribution in [3.8, 4) is 28.7 Å². The first-order chi connectivity index (χ1) is 15.4. The SMILES string of the molecule is COc1ccc(N2C(=O)/C(=C/c3cc(OC)c(OC)c(OC)c3)C(=O)NC2=S)c(OC)c1. The van der Waals surface area contributed by atoms with Crippen LogP contribution in [0.3, 0.4) is 0 Å². The minimum absolute atomic E-state index is 0.0643. The van der Waals surface area contributed by atoms with Crippen molar-refractivity contribution in [1.29, 1.82) is 0 Å². The molecule has 9 nitrogen and oxygen atoms in total. The van der Waals surface area contributed by atoms with Gasteiger partial charge in [-0.3, -0.25) is 14.9 Å². The van der Waals surface area contributed by atoms with Crippen molar-refractivity contribution in [2.75, 3.05) is 40.4 Å². The Morgan fingerprint density at radius 3 is 2.00 bits per heavy atom. The van der Waals surface area contributed by atoms with E-state index < -0.39 is 11.8 Å². The maximum Gasteiger partial charge on any atom is 0.270 e. The molecule has 0 unspecified atom stereocenters. The van der Waals surface area contributed by atoms with E-state index >= 15 is 0 Å². The molecule has 1 aliphatic heterocycles. The van der Waals surface area contributed by atoms with Gasteiger partial charge in [-0.1, -0.05) is 0 Å². The lowest BCUT2D eigenvalue weighted by molar-refractivity contribution is -0.122. The smallest absolute Gasteiger partial charge is 0.270 e. The molecule has 3 rings (SSSR count). The minimum atomic E-state index is -0.627. The van der Waals surface area contributed by atoms with Crippen LogP contribution in [0.5, 0.6) is 28.7 Å². The van der Waals surface area contributed by atoms with Gasteiger partial charge in [0.2, 0.25) is 5.75 Å². The monoisotopic (exact) mass is 458 g/mol. The number of thiocarbonyl (C=S) groups is 1. The normalized spacial score (nSPS) is 14.8. The molecular formula is C22H22N2O7S. The number of hydrogen-bond acceptors (Lipinski definition) is 8. The highest BCUT2D eigenvalue weighted by Crippen LogP contribution is 2.39. The molecule has 2 amide bonds. The molecule has 1 aliphatic rings. The van der Waals surface area contributed by atoms with Gasteiger partial charge >= 0.3 is 0 Å². The Labute approximate surface area is 190 Å². The van der Waals surface area contributed by atoms with E-state index in [0.29, 0.717) is 40.0 Å². The number of ether oxygens (including phenoxy) is 5. The molecule has 32 heavy (non-hydrogen) atoms. The molecule has 1 saturated heterocycles. The highest BCUT2D eigenvalue weighted by atomic mass is 32.1. The average Bonchev–Trinajstić information content (AvgIpc) is 2.80. The number of nitrogens with zero attached hydrogens (tertiary/aromatic N) is 1. The number of amides is 2. The zero-order valence-electron chi connectivity index (χ0n) is 18.2. The predicted octanol–water partition coefficient (Wildman–Crippen LogP) is 2.56. The van der Waals surface area contributed by atoms with E-state index in [-0.39, 0.29) is 10.7 Å². The second kappa shape index (κ2) is 9.56. The first kappa shape index (κ1) is 22.9. The number of nitrogens with one attached hydrogen (secondary N) is 1. The van der Waals surface area contributed by atoms with Crippen LogP contribution >= 0.6 is 12.2 Å². The van der Waals surface area contributed by atoms with Crippen molar-refractivity contribution in [2.45, 2.75) is 0 Å². The van der Waals surface area contributed by atoms with Crippen LogP contribution in [0.15, 0.2) is 35.9 Å². The van der Waals surface area contributed by atoms with Gasteiger partial charge in [-0.2, -0.15) is 0 Å². The van der Waals surface area contributed by atoms with E-state index in [0.717, 1.165) is 0 Å². The lowest BCUT2D eigenvalue weighted by Crippen LogP contribution is -2.54. The van der Waals surface area contributed by atoms with Gasteiger partial charge < -0.3 is 23.7 Å². The highest BCUT2D eigenvalue weighted by Gasteiger charge is 2.36. The molecule has 0 aromatic heterocycles.